The molecule has 0 atom stereocenters. The predicted octanol–water partition coefficient (Wildman–Crippen LogP) is 4.11. The normalized spacial score (nSPS) is 10.9. The van der Waals surface area contributed by atoms with E-state index in [2.05, 4.69) is 15.9 Å². The van der Waals surface area contributed by atoms with Crippen molar-refractivity contribution in [1.82, 2.24) is 0 Å². The topological polar surface area (TPSA) is 0 Å². The first-order valence-corrected chi connectivity index (χ1v) is 5.13. The number of benzene rings is 1. The van der Waals surface area contributed by atoms with Gasteiger partial charge in [-0.1, -0.05) is 15.9 Å². The van der Waals surface area contributed by atoms with Crippen LogP contribution in [0.1, 0.15) is 5.56 Å². The Morgan fingerprint density at radius 1 is 1.33 bits per heavy atom. The van der Waals surface area contributed by atoms with Gasteiger partial charge in [0, 0.05) is 9.17 Å². The number of thiophene rings is 1. The molecule has 0 spiro atoms. The van der Waals surface area contributed by atoms with Crippen molar-refractivity contribution in [3.05, 3.63) is 33.4 Å². The largest absolute Gasteiger partial charge is 0.195 e. The zero-order valence-electron chi connectivity index (χ0n) is 6.40. The summed E-state index contributed by atoms with van der Waals surface area (Å²) in [6.07, 6.45) is 0. The van der Waals surface area contributed by atoms with Crippen molar-refractivity contribution in [2.45, 2.75) is 6.92 Å². The highest BCUT2D eigenvalue weighted by molar-refractivity contribution is 9.10. The maximum atomic E-state index is 12.8. The summed E-state index contributed by atoms with van der Waals surface area (Å²) in [6.45, 7) is 2.00. The lowest BCUT2D eigenvalue weighted by Crippen LogP contribution is -1.72. The highest BCUT2D eigenvalue weighted by Crippen LogP contribution is 2.29. The van der Waals surface area contributed by atoms with Crippen LogP contribution < -0.4 is 0 Å². The molecule has 0 amide bonds. The number of aryl methyl sites for hydroxylation is 1. The van der Waals surface area contributed by atoms with Gasteiger partial charge in [-0.15, -0.1) is 11.3 Å². The molecule has 62 valence electrons. The fourth-order valence-electron chi connectivity index (χ4n) is 1.14. The molecule has 12 heavy (non-hydrogen) atoms. The SMILES string of the molecule is Cc1cc2cc(F)sc2cc1Br. The van der Waals surface area contributed by atoms with Crippen molar-refractivity contribution in [2.24, 2.45) is 0 Å². The maximum absolute atomic E-state index is 12.8. The Morgan fingerprint density at radius 2 is 2.08 bits per heavy atom. The molecule has 0 bridgehead atoms. The minimum Gasteiger partial charge on any atom is -0.195 e. The van der Waals surface area contributed by atoms with Gasteiger partial charge < -0.3 is 0 Å². The molecule has 0 N–H and O–H groups in total. The zero-order chi connectivity index (χ0) is 8.72. The molecule has 3 heteroatoms. The molecular formula is C9H6BrFS. The van der Waals surface area contributed by atoms with Gasteiger partial charge >= 0.3 is 0 Å². The average Bonchev–Trinajstić information content (AvgIpc) is 2.30. The lowest BCUT2D eigenvalue weighted by atomic mass is 10.2. The van der Waals surface area contributed by atoms with Gasteiger partial charge in [0.25, 0.3) is 0 Å². The second-order valence-electron chi connectivity index (χ2n) is 2.69. The second kappa shape index (κ2) is 2.82. The van der Waals surface area contributed by atoms with Crippen molar-refractivity contribution in [2.75, 3.05) is 0 Å². The fraction of sp³-hybridized carbons (Fsp3) is 0.111. The van der Waals surface area contributed by atoms with Crippen LogP contribution in [-0.4, -0.2) is 0 Å². The zero-order valence-corrected chi connectivity index (χ0v) is 8.80. The fourth-order valence-corrected chi connectivity index (χ4v) is 2.45. The Hall–Kier alpha value is -0.410. The van der Waals surface area contributed by atoms with Crippen molar-refractivity contribution in [3.63, 3.8) is 0 Å². The smallest absolute Gasteiger partial charge is 0.177 e. The summed E-state index contributed by atoms with van der Waals surface area (Å²) >= 11 is 4.59. The third kappa shape index (κ3) is 1.27. The van der Waals surface area contributed by atoms with Crippen LogP contribution in [0.4, 0.5) is 4.39 Å². The van der Waals surface area contributed by atoms with Crippen molar-refractivity contribution in [1.29, 1.82) is 0 Å². The van der Waals surface area contributed by atoms with Gasteiger partial charge in [-0.05, 0) is 36.1 Å². The Bertz CT molecular complexity index is 394. The Labute approximate surface area is 82.2 Å². The van der Waals surface area contributed by atoms with E-state index in [4.69, 9.17) is 0 Å². The molecule has 0 aliphatic heterocycles. The van der Waals surface area contributed by atoms with E-state index in [0.717, 1.165) is 20.1 Å². The van der Waals surface area contributed by atoms with Crippen molar-refractivity contribution < 1.29 is 4.39 Å². The lowest BCUT2D eigenvalue weighted by molar-refractivity contribution is 0.658. The summed E-state index contributed by atoms with van der Waals surface area (Å²) < 4.78 is 14.8. The van der Waals surface area contributed by atoms with Crippen molar-refractivity contribution >= 4 is 37.4 Å². The summed E-state index contributed by atoms with van der Waals surface area (Å²) in [6, 6.07) is 5.51. The molecule has 0 radical (unpaired) electrons. The van der Waals surface area contributed by atoms with E-state index in [1.54, 1.807) is 6.07 Å². The van der Waals surface area contributed by atoms with Gasteiger partial charge in [0.05, 0.1) is 0 Å². The molecule has 2 aromatic rings. The Balaban J connectivity index is 2.83. The van der Waals surface area contributed by atoms with Crippen LogP contribution in [0.3, 0.4) is 0 Å². The van der Waals surface area contributed by atoms with Gasteiger partial charge in [0.15, 0.2) is 5.13 Å². The summed E-state index contributed by atoms with van der Waals surface area (Å²) in [7, 11) is 0. The minimum absolute atomic E-state index is 0.123. The van der Waals surface area contributed by atoms with E-state index in [-0.39, 0.29) is 5.13 Å². The summed E-state index contributed by atoms with van der Waals surface area (Å²) in [5.41, 5.74) is 1.14. The first kappa shape index (κ1) is 8.20. The van der Waals surface area contributed by atoms with E-state index in [9.17, 15) is 4.39 Å². The van der Waals surface area contributed by atoms with Gasteiger partial charge in [-0.25, -0.2) is 0 Å². The highest BCUT2D eigenvalue weighted by atomic mass is 79.9. The van der Waals surface area contributed by atoms with Crippen molar-refractivity contribution in [3.8, 4) is 0 Å². The van der Waals surface area contributed by atoms with Crippen LogP contribution in [0.25, 0.3) is 10.1 Å². The minimum atomic E-state index is -0.123. The molecule has 0 fully saturated rings. The van der Waals surface area contributed by atoms with Gasteiger partial charge in [-0.2, -0.15) is 4.39 Å². The monoisotopic (exact) mass is 244 g/mol. The quantitative estimate of drug-likeness (QED) is 0.655. The first-order valence-electron chi connectivity index (χ1n) is 3.52. The summed E-state index contributed by atoms with van der Waals surface area (Å²) in [5, 5.41) is 0.862. The molecule has 0 nitrogen and oxygen atoms in total. The molecule has 0 saturated carbocycles. The van der Waals surface area contributed by atoms with E-state index >= 15 is 0 Å². The maximum Gasteiger partial charge on any atom is 0.177 e. The van der Waals surface area contributed by atoms with E-state index < -0.39 is 0 Å². The van der Waals surface area contributed by atoms with Crippen LogP contribution in [0.15, 0.2) is 22.7 Å². The van der Waals surface area contributed by atoms with E-state index in [1.807, 2.05) is 19.1 Å². The van der Waals surface area contributed by atoms with Crippen LogP contribution in [0, 0.1) is 12.1 Å². The van der Waals surface area contributed by atoms with Gasteiger partial charge in [0.1, 0.15) is 0 Å². The number of fused-ring (bicyclic) bond motifs is 1. The van der Waals surface area contributed by atoms with Crippen LogP contribution in [-0.2, 0) is 0 Å². The number of rotatable bonds is 0. The highest BCUT2D eigenvalue weighted by Gasteiger charge is 2.03. The summed E-state index contributed by atoms with van der Waals surface area (Å²) in [4.78, 5) is 0. The first-order chi connectivity index (χ1) is 5.66. The molecule has 0 aliphatic carbocycles. The predicted molar refractivity (Wildman–Crippen MR) is 54.2 cm³/mol. The molecule has 0 aliphatic rings. The summed E-state index contributed by atoms with van der Waals surface area (Å²) in [5.74, 6) is 0. The van der Waals surface area contributed by atoms with Gasteiger partial charge in [-0.3, -0.25) is 0 Å². The van der Waals surface area contributed by atoms with Gasteiger partial charge in [0.2, 0.25) is 0 Å². The lowest BCUT2D eigenvalue weighted by Gasteiger charge is -1.96. The van der Waals surface area contributed by atoms with Crippen LogP contribution in [0.5, 0.6) is 0 Å². The molecule has 2 rings (SSSR count). The second-order valence-corrected chi connectivity index (χ2v) is 4.58. The third-order valence-electron chi connectivity index (χ3n) is 1.77. The molecular weight excluding hydrogens is 239 g/mol. The van der Waals surface area contributed by atoms with Crippen LogP contribution in [0.2, 0.25) is 0 Å². The number of hydrogen-bond acceptors (Lipinski definition) is 1. The molecule has 0 unspecified atom stereocenters. The number of halogens is 2. The molecule has 1 aromatic carbocycles. The van der Waals surface area contributed by atoms with Crippen LogP contribution >= 0.6 is 27.3 Å². The van der Waals surface area contributed by atoms with E-state index in [0.29, 0.717) is 0 Å². The Morgan fingerprint density at radius 3 is 2.83 bits per heavy atom. The average molecular weight is 245 g/mol. The van der Waals surface area contributed by atoms with E-state index in [1.165, 1.54) is 11.3 Å². The molecule has 1 heterocycles. The molecule has 1 aromatic heterocycles. The Kier molecular flexibility index (Phi) is 1.93. The molecule has 0 saturated heterocycles. The standard InChI is InChI=1S/C9H6BrFS/c1-5-2-6-3-9(11)12-8(6)4-7(5)10/h2-4H,1H3. The number of hydrogen-bond donors (Lipinski definition) is 0. The third-order valence-corrected chi connectivity index (χ3v) is 3.51.